The van der Waals surface area contributed by atoms with Gasteiger partial charge in [-0.25, -0.2) is 0 Å². The minimum atomic E-state index is -0.368. The van der Waals surface area contributed by atoms with E-state index in [0.29, 0.717) is 5.92 Å². The maximum absolute atomic E-state index is 11.7. The Morgan fingerprint density at radius 1 is 1.29 bits per heavy atom. The lowest BCUT2D eigenvalue weighted by molar-refractivity contribution is -0.158. The molecule has 0 heterocycles. The van der Waals surface area contributed by atoms with E-state index in [4.69, 9.17) is 4.74 Å². The van der Waals surface area contributed by atoms with Crippen molar-refractivity contribution in [3.05, 3.63) is 0 Å². The first-order valence-electron chi connectivity index (χ1n) is 5.28. The van der Waals surface area contributed by atoms with Crippen molar-refractivity contribution in [2.24, 2.45) is 16.7 Å². The summed E-state index contributed by atoms with van der Waals surface area (Å²) in [5.41, 5.74) is -0.244. The first-order valence-corrected chi connectivity index (χ1v) is 5.28. The normalized spacial score (nSPS) is 18.5. The van der Waals surface area contributed by atoms with Gasteiger partial charge in [0.2, 0.25) is 0 Å². The summed E-state index contributed by atoms with van der Waals surface area (Å²) >= 11 is 0. The van der Waals surface area contributed by atoms with Crippen LogP contribution in [0.4, 0.5) is 0 Å². The van der Waals surface area contributed by atoms with Crippen molar-refractivity contribution >= 4 is 5.97 Å². The van der Waals surface area contributed by atoms with E-state index in [9.17, 15) is 4.79 Å². The van der Waals surface area contributed by atoms with Gasteiger partial charge < -0.3 is 4.74 Å². The number of ether oxygens (including phenoxy) is 1. The third-order valence-corrected chi connectivity index (χ3v) is 3.64. The summed E-state index contributed by atoms with van der Waals surface area (Å²) in [6.07, 6.45) is 0.818. The molecule has 0 aliphatic carbocycles. The second kappa shape index (κ2) is 4.33. The fourth-order valence-corrected chi connectivity index (χ4v) is 1.82. The highest BCUT2D eigenvalue weighted by molar-refractivity contribution is 5.76. The van der Waals surface area contributed by atoms with Gasteiger partial charge in [-0.2, -0.15) is 0 Å². The summed E-state index contributed by atoms with van der Waals surface area (Å²) < 4.78 is 4.88. The van der Waals surface area contributed by atoms with Gasteiger partial charge in [0.25, 0.3) is 0 Å². The van der Waals surface area contributed by atoms with Crippen molar-refractivity contribution in [1.29, 1.82) is 0 Å². The van der Waals surface area contributed by atoms with E-state index < -0.39 is 0 Å². The molecule has 84 valence electrons. The fourth-order valence-electron chi connectivity index (χ4n) is 1.82. The highest BCUT2D eigenvalue weighted by atomic mass is 16.5. The Bertz CT molecular complexity index is 203. The molecule has 2 unspecified atom stereocenters. The average Bonchev–Trinajstić information content (AvgIpc) is 2.12. The predicted molar refractivity (Wildman–Crippen MR) is 59.0 cm³/mol. The van der Waals surface area contributed by atoms with Gasteiger partial charge in [-0.1, -0.05) is 34.6 Å². The summed E-state index contributed by atoms with van der Waals surface area (Å²) in [5, 5.41) is 0. The second-order valence-electron chi connectivity index (χ2n) is 5.35. The smallest absolute Gasteiger partial charge is 0.311 e. The van der Waals surface area contributed by atoms with E-state index in [1.807, 2.05) is 13.8 Å². The molecule has 0 amide bonds. The van der Waals surface area contributed by atoms with Crippen LogP contribution in [-0.2, 0) is 9.53 Å². The number of carbonyl (C=O) groups excluding carboxylic acids is 1. The first kappa shape index (κ1) is 13.5. The van der Waals surface area contributed by atoms with Crippen LogP contribution in [0.5, 0.6) is 0 Å². The van der Waals surface area contributed by atoms with Crippen LogP contribution >= 0.6 is 0 Å². The lowest BCUT2D eigenvalue weighted by Gasteiger charge is -2.40. The van der Waals surface area contributed by atoms with Gasteiger partial charge in [-0.05, 0) is 24.7 Å². The molecule has 0 fully saturated rings. The summed E-state index contributed by atoms with van der Waals surface area (Å²) in [6, 6.07) is 0. The lowest BCUT2D eigenvalue weighted by atomic mass is 9.64. The van der Waals surface area contributed by atoms with E-state index in [0.717, 1.165) is 6.42 Å². The molecule has 0 bridgehead atoms. The van der Waals surface area contributed by atoms with Crippen LogP contribution in [-0.4, -0.2) is 13.1 Å². The maximum atomic E-state index is 11.7. The Morgan fingerprint density at radius 2 is 1.71 bits per heavy atom. The Hall–Kier alpha value is -0.530. The monoisotopic (exact) mass is 200 g/mol. The molecular weight excluding hydrogens is 176 g/mol. The summed E-state index contributed by atoms with van der Waals surface area (Å²) in [4.78, 5) is 11.7. The van der Waals surface area contributed by atoms with Gasteiger partial charge in [0.15, 0.2) is 0 Å². The van der Waals surface area contributed by atoms with Crippen LogP contribution in [0.2, 0.25) is 0 Å². The van der Waals surface area contributed by atoms with Crippen molar-refractivity contribution < 1.29 is 9.53 Å². The number of carbonyl (C=O) groups is 1. The predicted octanol–water partition coefficient (Wildman–Crippen LogP) is 3.26. The number of esters is 1. The number of hydrogen-bond acceptors (Lipinski definition) is 2. The molecule has 0 aromatic rings. The summed E-state index contributed by atoms with van der Waals surface area (Å²) in [5.74, 6) is 0.204. The number of methoxy groups -OCH3 is 1. The van der Waals surface area contributed by atoms with Gasteiger partial charge in [0, 0.05) is 0 Å². The van der Waals surface area contributed by atoms with Crippen LogP contribution in [0.25, 0.3) is 0 Å². The van der Waals surface area contributed by atoms with Gasteiger partial charge in [-0.3, -0.25) is 4.79 Å². The highest BCUT2D eigenvalue weighted by Gasteiger charge is 2.43. The fraction of sp³-hybridized carbons (Fsp3) is 0.917. The summed E-state index contributed by atoms with van der Waals surface area (Å²) in [7, 11) is 1.46. The Kier molecular flexibility index (Phi) is 4.16. The molecule has 0 spiro atoms. The minimum absolute atomic E-state index is 0.0950. The maximum Gasteiger partial charge on any atom is 0.311 e. The Balaban J connectivity index is 4.95. The number of hydrogen-bond donors (Lipinski definition) is 0. The number of rotatable bonds is 3. The minimum Gasteiger partial charge on any atom is -0.469 e. The molecule has 0 rings (SSSR count). The van der Waals surface area contributed by atoms with Gasteiger partial charge in [-0.15, -0.1) is 0 Å². The first-order chi connectivity index (χ1) is 6.20. The van der Waals surface area contributed by atoms with E-state index in [1.54, 1.807) is 0 Å². The highest BCUT2D eigenvalue weighted by Crippen LogP contribution is 2.42. The largest absolute Gasteiger partial charge is 0.469 e. The molecule has 2 heteroatoms. The molecule has 2 atom stereocenters. The third kappa shape index (κ3) is 2.49. The van der Waals surface area contributed by atoms with E-state index in [1.165, 1.54) is 7.11 Å². The van der Waals surface area contributed by atoms with Crippen LogP contribution in [0.15, 0.2) is 0 Å². The van der Waals surface area contributed by atoms with Crippen molar-refractivity contribution in [1.82, 2.24) is 0 Å². The molecule has 14 heavy (non-hydrogen) atoms. The van der Waals surface area contributed by atoms with Crippen LogP contribution < -0.4 is 0 Å². The molecule has 0 aromatic carbocycles. The van der Waals surface area contributed by atoms with Crippen LogP contribution in [0.1, 0.15) is 48.0 Å². The third-order valence-electron chi connectivity index (χ3n) is 3.64. The van der Waals surface area contributed by atoms with E-state index in [-0.39, 0.29) is 16.8 Å². The van der Waals surface area contributed by atoms with E-state index in [2.05, 4.69) is 27.7 Å². The topological polar surface area (TPSA) is 26.3 Å². The van der Waals surface area contributed by atoms with Crippen LogP contribution in [0.3, 0.4) is 0 Å². The van der Waals surface area contributed by atoms with Gasteiger partial charge in [0.1, 0.15) is 0 Å². The van der Waals surface area contributed by atoms with Crippen LogP contribution in [0, 0.1) is 16.7 Å². The van der Waals surface area contributed by atoms with Crippen molar-refractivity contribution in [2.45, 2.75) is 48.0 Å². The quantitative estimate of drug-likeness (QED) is 0.654. The zero-order chi connectivity index (χ0) is 11.6. The zero-order valence-corrected chi connectivity index (χ0v) is 10.6. The average molecular weight is 200 g/mol. The molecule has 2 nitrogen and oxygen atoms in total. The van der Waals surface area contributed by atoms with Crippen molar-refractivity contribution in [3.63, 3.8) is 0 Å². The van der Waals surface area contributed by atoms with Crippen molar-refractivity contribution in [3.8, 4) is 0 Å². The molecule has 0 aromatic heterocycles. The molecule has 0 saturated carbocycles. The standard InChI is InChI=1S/C12H24O2/c1-8-12(6,10(13)14-7)9(2)11(3,4)5/h9H,8H2,1-7H3. The Labute approximate surface area is 88.0 Å². The zero-order valence-electron chi connectivity index (χ0n) is 10.6. The molecule has 0 aliphatic rings. The molecular formula is C12H24O2. The summed E-state index contributed by atoms with van der Waals surface area (Å²) in [6.45, 7) is 12.6. The lowest BCUT2D eigenvalue weighted by Crippen LogP contribution is -2.41. The second-order valence-corrected chi connectivity index (χ2v) is 5.35. The molecule has 0 N–H and O–H groups in total. The van der Waals surface area contributed by atoms with Gasteiger partial charge in [0.05, 0.1) is 12.5 Å². The van der Waals surface area contributed by atoms with E-state index >= 15 is 0 Å². The van der Waals surface area contributed by atoms with Crippen molar-refractivity contribution in [2.75, 3.05) is 7.11 Å². The molecule has 0 saturated heterocycles. The molecule has 0 aliphatic heterocycles. The SMILES string of the molecule is CCC(C)(C(=O)OC)C(C)C(C)(C)C. The Morgan fingerprint density at radius 3 is 1.93 bits per heavy atom. The van der Waals surface area contributed by atoms with Gasteiger partial charge >= 0.3 is 5.97 Å². The molecule has 0 radical (unpaired) electrons.